The molecule has 3 N–H and O–H groups in total. The zero-order valence-corrected chi connectivity index (χ0v) is 18.3. The maximum Gasteiger partial charge on any atom is 0.319 e. The maximum atomic E-state index is 13.5. The summed E-state index contributed by atoms with van der Waals surface area (Å²) in [7, 11) is 1.71. The number of carbonyl (C=O) groups is 3. The van der Waals surface area contributed by atoms with Crippen molar-refractivity contribution in [1.82, 2.24) is 25.8 Å². The van der Waals surface area contributed by atoms with Crippen LogP contribution in [0.3, 0.4) is 0 Å². The van der Waals surface area contributed by atoms with E-state index in [1.54, 1.807) is 18.9 Å². The van der Waals surface area contributed by atoms with Crippen molar-refractivity contribution in [2.24, 2.45) is 11.3 Å². The first-order valence-corrected chi connectivity index (χ1v) is 10.3. The summed E-state index contributed by atoms with van der Waals surface area (Å²) in [6.07, 6.45) is 1.36. The van der Waals surface area contributed by atoms with Crippen LogP contribution in [0, 0.1) is 11.3 Å². The van der Waals surface area contributed by atoms with E-state index in [0.29, 0.717) is 19.0 Å². The van der Waals surface area contributed by atoms with Crippen LogP contribution in [-0.4, -0.2) is 72.1 Å². The summed E-state index contributed by atoms with van der Waals surface area (Å²) < 4.78 is 0. The first kappa shape index (κ1) is 22.5. The van der Waals surface area contributed by atoms with Crippen LogP contribution >= 0.6 is 0 Å². The van der Waals surface area contributed by atoms with Crippen molar-refractivity contribution in [3.63, 3.8) is 0 Å². The molecular formula is C20H37N5O3. The van der Waals surface area contributed by atoms with Crippen molar-refractivity contribution in [2.45, 2.75) is 78.7 Å². The minimum Gasteiger partial charge on any atom is -0.342 e. The van der Waals surface area contributed by atoms with Gasteiger partial charge in [-0.2, -0.15) is 0 Å². The Morgan fingerprint density at radius 1 is 1.21 bits per heavy atom. The van der Waals surface area contributed by atoms with Gasteiger partial charge in [-0.3, -0.25) is 14.5 Å². The molecule has 4 atom stereocenters. The van der Waals surface area contributed by atoms with Gasteiger partial charge in [0.2, 0.25) is 11.8 Å². The molecule has 0 aromatic carbocycles. The van der Waals surface area contributed by atoms with Gasteiger partial charge in [0.1, 0.15) is 12.2 Å². The quantitative estimate of drug-likeness (QED) is 0.628. The van der Waals surface area contributed by atoms with Crippen LogP contribution in [0.25, 0.3) is 0 Å². The number of carbonyl (C=O) groups excluding carboxylic acids is 3. The van der Waals surface area contributed by atoms with E-state index in [1.807, 2.05) is 25.7 Å². The van der Waals surface area contributed by atoms with Crippen molar-refractivity contribution in [3.8, 4) is 0 Å². The average molecular weight is 396 g/mol. The molecule has 2 rings (SSSR count). The van der Waals surface area contributed by atoms with Crippen molar-refractivity contribution < 1.29 is 14.4 Å². The first-order chi connectivity index (χ1) is 13.0. The average Bonchev–Trinajstić information content (AvgIpc) is 3.22. The minimum atomic E-state index is -0.653. The maximum absolute atomic E-state index is 13.5. The zero-order valence-electron chi connectivity index (χ0n) is 18.3. The van der Waals surface area contributed by atoms with Gasteiger partial charge in [0.15, 0.2) is 0 Å². The van der Waals surface area contributed by atoms with E-state index in [-0.39, 0.29) is 36.1 Å². The molecule has 2 saturated heterocycles. The second-order valence-electron chi connectivity index (χ2n) is 9.38. The summed E-state index contributed by atoms with van der Waals surface area (Å²) in [4.78, 5) is 42.1. The van der Waals surface area contributed by atoms with E-state index >= 15 is 0 Å². The van der Waals surface area contributed by atoms with Crippen molar-refractivity contribution in [3.05, 3.63) is 0 Å². The fraction of sp³-hybridized carbons (Fsp3) is 0.850. The largest absolute Gasteiger partial charge is 0.342 e. The van der Waals surface area contributed by atoms with E-state index in [9.17, 15) is 14.4 Å². The molecule has 0 aromatic heterocycles. The van der Waals surface area contributed by atoms with Crippen LogP contribution in [0.15, 0.2) is 0 Å². The Labute approximate surface area is 168 Å². The number of likely N-dealkylation sites (tertiary alicyclic amines) is 1. The first-order valence-electron chi connectivity index (χ1n) is 10.3. The predicted molar refractivity (Wildman–Crippen MR) is 109 cm³/mol. The molecule has 0 bridgehead atoms. The van der Waals surface area contributed by atoms with E-state index in [4.69, 9.17) is 0 Å². The number of nitrogens with one attached hydrogen (secondary N) is 3. The smallest absolute Gasteiger partial charge is 0.319 e. The highest BCUT2D eigenvalue weighted by Gasteiger charge is 2.46. The number of urea groups is 1. The Hall–Kier alpha value is -1.83. The number of nitrogens with zero attached hydrogens (tertiary/aromatic N) is 2. The van der Waals surface area contributed by atoms with Crippen LogP contribution in [0.2, 0.25) is 0 Å². The van der Waals surface area contributed by atoms with Gasteiger partial charge in [-0.15, -0.1) is 0 Å². The van der Waals surface area contributed by atoms with E-state index in [2.05, 4.69) is 29.8 Å². The van der Waals surface area contributed by atoms with Gasteiger partial charge >= 0.3 is 6.03 Å². The molecule has 0 aromatic rings. The standard InChI is InChI=1S/C20H37N5O3/c1-12(2)14-11-22-19(28)25(14)15-9-8-10-24(15)18(27)16(20(4,5)6)23-17(26)13(3)21-7/h12-16,21H,8-11H2,1-7H3,(H,22,28)(H,23,26)/t13-,14?,15?,16+/m0/s1. The van der Waals surface area contributed by atoms with Gasteiger partial charge in [0.25, 0.3) is 0 Å². The highest BCUT2D eigenvalue weighted by Crippen LogP contribution is 2.30. The van der Waals surface area contributed by atoms with Crippen LogP contribution < -0.4 is 16.0 Å². The van der Waals surface area contributed by atoms with Crippen LogP contribution in [0.5, 0.6) is 0 Å². The molecule has 4 amide bonds. The number of amides is 4. The van der Waals surface area contributed by atoms with Gasteiger partial charge in [-0.05, 0) is 38.1 Å². The Morgan fingerprint density at radius 2 is 1.86 bits per heavy atom. The highest BCUT2D eigenvalue weighted by atomic mass is 16.2. The number of likely N-dealkylation sites (N-methyl/N-ethyl adjacent to an activating group) is 1. The Bertz CT molecular complexity index is 601. The number of rotatable bonds is 6. The molecule has 0 radical (unpaired) electrons. The lowest BCUT2D eigenvalue weighted by atomic mass is 9.85. The Kier molecular flexibility index (Phi) is 6.96. The highest BCUT2D eigenvalue weighted by molar-refractivity contribution is 5.90. The van der Waals surface area contributed by atoms with Gasteiger partial charge in [0.05, 0.1) is 12.1 Å². The van der Waals surface area contributed by atoms with Gasteiger partial charge in [-0.1, -0.05) is 34.6 Å². The molecule has 8 heteroatoms. The van der Waals surface area contributed by atoms with E-state index in [0.717, 1.165) is 12.8 Å². The third kappa shape index (κ3) is 4.59. The van der Waals surface area contributed by atoms with Crippen LogP contribution in [-0.2, 0) is 9.59 Å². The SMILES string of the molecule is CN[C@@H](C)C(=O)N[C@H](C(=O)N1CCCC1N1C(=O)NCC1C(C)C)C(C)(C)C. The van der Waals surface area contributed by atoms with E-state index < -0.39 is 11.5 Å². The lowest BCUT2D eigenvalue weighted by Crippen LogP contribution is -2.61. The Balaban J connectivity index is 2.25. The zero-order chi connectivity index (χ0) is 21.2. The molecule has 0 spiro atoms. The van der Waals surface area contributed by atoms with E-state index in [1.165, 1.54) is 0 Å². The number of hydrogen-bond donors (Lipinski definition) is 3. The van der Waals surface area contributed by atoms with Crippen molar-refractivity contribution in [2.75, 3.05) is 20.1 Å². The van der Waals surface area contributed by atoms with Crippen molar-refractivity contribution >= 4 is 17.8 Å². The molecule has 8 nitrogen and oxygen atoms in total. The second kappa shape index (κ2) is 8.68. The fourth-order valence-electron chi connectivity index (χ4n) is 3.95. The predicted octanol–water partition coefficient (Wildman–Crippen LogP) is 1.12. The third-order valence-electron chi connectivity index (χ3n) is 5.87. The topological polar surface area (TPSA) is 93.8 Å². The summed E-state index contributed by atoms with van der Waals surface area (Å²) in [5.74, 6) is -0.0227. The van der Waals surface area contributed by atoms with Gasteiger partial charge < -0.3 is 20.9 Å². The minimum absolute atomic E-state index is 0.0675. The molecule has 0 saturated carbocycles. The summed E-state index contributed by atoms with van der Waals surface area (Å²) in [6, 6.07) is -1.08. The second-order valence-corrected chi connectivity index (χ2v) is 9.38. The molecule has 2 aliphatic heterocycles. The molecule has 2 heterocycles. The van der Waals surface area contributed by atoms with Gasteiger partial charge in [0, 0.05) is 13.1 Å². The number of hydrogen-bond acceptors (Lipinski definition) is 4. The van der Waals surface area contributed by atoms with Crippen LogP contribution in [0.1, 0.15) is 54.4 Å². The monoisotopic (exact) mass is 395 g/mol. The van der Waals surface area contributed by atoms with Gasteiger partial charge in [-0.25, -0.2) is 4.79 Å². The summed E-state index contributed by atoms with van der Waals surface area (Å²) in [5, 5.41) is 8.76. The molecule has 2 unspecified atom stereocenters. The van der Waals surface area contributed by atoms with Crippen molar-refractivity contribution in [1.29, 1.82) is 0 Å². The lowest BCUT2D eigenvalue weighted by molar-refractivity contribution is -0.143. The molecule has 2 fully saturated rings. The Morgan fingerprint density at radius 3 is 2.39 bits per heavy atom. The normalized spacial score (nSPS) is 25.1. The molecule has 2 aliphatic rings. The summed E-state index contributed by atoms with van der Waals surface area (Å²) in [6.45, 7) is 13.0. The molecule has 160 valence electrons. The lowest BCUT2D eigenvalue weighted by Gasteiger charge is -2.40. The van der Waals surface area contributed by atoms with Crippen LogP contribution in [0.4, 0.5) is 4.79 Å². The molecular weight excluding hydrogens is 358 g/mol. The summed E-state index contributed by atoms with van der Waals surface area (Å²) >= 11 is 0. The summed E-state index contributed by atoms with van der Waals surface area (Å²) in [5.41, 5.74) is -0.446. The molecule has 0 aliphatic carbocycles. The third-order valence-corrected chi connectivity index (χ3v) is 5.87. The molecule has 28 heavy (non-hydrogen) atoms. The fourth-order valence-corrected chi connectivity index (χ4v) is 3.95.